The predicted octanol–water partition coefficient (Wildman–Crippen LogP) is 4.69. The van der Waals surface area contributed by atoms with Gasteiger partial charge in [0.1, 0.15) is 5.82 Å². The fourth-order valence-electron chi connectivity index (χ4n) is 3.07. The first-order valence-corrected chi connectivity index (χ1v) is 11.2. The van der Waals surface area contributed by atoms with E-state index in [1.165, 1.54) is 0 Å². The molecule has 0 radical (unpaired) electrons. The van der Waals surface area contributed by atoms with Crippen LogP contribution in [-0.2, 0) is 10.0 Å². The molecule has 3 N–H and O–H groups in total. The smallest absolute Gasteiger partial charge is 0.262 e. The monoisotopic (exact) mass is 425 g/mol. The van der Waals surface area contributed by atoms with Crippen molar-refractivity contribution in [3.63, 3.8) is 0 Å². The van der Waals surface area contributed by atoms with Gasteiger partial charge in [0.2, 0.25) is 5.95 Å². The highest BCUT2D eigenvalue weighted by molar-refractivity contribution is 7.92. The molecule has 0 aliphatic rings. The Morgan fingerprint density at radius 1 is 0.833 bits per heavy atom. The van der Waals surface area contributed by atoms with Gasteiger partial charge in [-0.2, -0.15) is 4.98 Å². The Kier molecular flexibility index (Phi) is 6.26. The summed E-state index contributed by atoms with van der Waals surface area (Å²) in [6.45, 7) is 10.3. The largest absolute Gasteiger partial charge is 0.354 e. The molecule has 0 fully saturated rings. The second kappa shape index (κ2) is 8.71. The zero-order chi connectivity index (χ0) is 21.9. The van der Waals surface area contributed by atoms with Crippen molar-refractivity contribution in [2.45, 2.75) is 39.5 Å². The average Bonchev–Trinajstić information content (AvgIpc) is 2.66. The van der Waals surface area contributed by atoms with E-state index in [1.807, 2.05) is 39.8 Å². The van der Waals surface area contributed by atoms with E-state index >= 15 is 0 Å². The van der Waals surface area contributed by atoms with Gasteiger partial charge in [-0.1, -0.05) is 6.07 Å². The zero-order valence-corrected chi connectivity index (χ0v) is 18.7. The molecule has 1 heterocycles. The molecule has 7 nitrogen and oxygen atoms in total. The van der Waals surface area contributed by atoms with E-state index in [0.717, 1.165) is 34.6 Å². The summed E-state index contributed by atoms with van der Waals surface area (Å²) in [7, 11) is -3.67. The first-order valence-electron chi connectivity index (χ1n) is 9.75. The number of anilines is 4. The summed E-state index contributed by atoms with van der Waals surface area (Å²) in [5.74, 6) is 1.23. The molecule has 3 rings (SSSR count). The second-order valence-corrected chi connectivity index (χ2v) is 8.91. The molecule has 30 heavy (non-hydrogen) atoms. The van der Waals surface area contributed by atoms with Crippen LogP contribution >= 0.6 is 0 Å². The summed E-state index contributed by atoms with van der Waals surface area (Å²) in [6, 6.07) is 12.5. The van der Waals surface area contributed by atoms with Crippen LogP contribution in [0.4, 0.5) is 23.1 Å². The first kappa shape index (κ1) is 21.6. The maximum Gasteiger partial charge on any atom is 0.262 e. The number of aryl methyl sites for hydroxylation is 4. The van der Waals surface area contributed by atoms with Crippen LogP contribution in [-0.4, -0.2) is 24.9 Å². The minimum Gasteiger partial charge on any atom is -0.354 e. The lowest BCUT2D eigenvalue weighted by Gasteiger charge is -2.13. The third kappa shape index (κ3) is 5.07. The summed E-state index contributed by atoms with van der Waals surface area (Å²) in [6.07, 6.45) is 0. The van der Waals surface area contributed by atoms with Crippen LogP contribution in [0.5, 0.6) is 0 Å². The van der Waals surface area contributed by atoms with E-state index in [1.54, 1.807) is 37.3 Å². The molecule has 1 aromatic heterocycles. The third-order valence-electron chi connectivity index (χ3n) is 4.68. The number of benzene rings is 2. The molecule has 0 spiro atoms. The third-order valence-corrected chi connectivity index (χ3v) is 6.20. The van der Waals surface area contributed by atoms with Crippen molar-refractivity contribution in [2.24, 2.45) is 0 Å². The van der Waals surface area contributed by atoms with Crippen molar-refractivity contribution in [3.05, 3.63) is 64.8 Å². The fraction of sp³-hybridized carbons (Fsp3) is 0.273. The summed E-state index contributed by atoms with van der Waals surface area (Å²) in [4.78, 5) is 9.04. The highest BCUT2D eigenvalue weighted by Crippen LogP contribution is 2.24. The maximum atomic E-state index is 12.8. The highest BCUT2D eigenvalue weighted by Gasteiger charge is 2.18. The van der Waals surface area contributed by atoms with Gasteiger partial charge in [0.05, 0.1) is 4.90 Å². The summed E-state index contributed by atoms with van der Waals surface area (Å²) in [5.41, 5.74) is 4.86. The molecule has 0 atom stereocenters. The molecule has 158 valence electrons. The Morgan fingerprint density at radius 3 is 2.13 bits per heavy atom. The van der Waals surface area contributed by atoms with Gasteiger partial charge in [0, 0.05) is 29.7 Å². The average molecular weight is 426 g/mol. The van der Waals surface area contributed by atoms with E-state index in [9.17, 15) is 8.42 Å². The van der Waals surface area contributed by atoms with Gasteiger partial charge in [0.25, 0.3) is 10.0 Å². The summed E-state index contributed by atoms with van der Waals surface area (Å²) in [5, 5.41) is 6.32. The van der Waals surface area contributed by atoms with Crippen molar-refractivity contribution in [1.29, 1.82) is 0 Å². The van der Waals surface area contributed by atoms with Crippen LogP contribution in [0.3, 0.4) is 0 Å². The Bertz CT molecular complexity index is 1160. The number of hydrogen-bond donors (Lipinski definition) is 3. The van der Waals surface area contributed by atoms with E-state index in [-0.39, 0.29) is 0 Å². The van der Waals surface area contributed by atoms with Crippen molar-refractivity contribution < 1.29 is 8.42 Å². The second-order valence-electron chi connectivity index (χ2n) is 7.26. The zero-order valence-electron chi connectivity index (χ0n) is 17.9. The number of hydrogen-bond acceptors (Lipinski definition) is 6. The maximum absolute atomic E-state index is 12.8. The van der Waals surface area contributed by atoms with Crippen LogP contribution in [0.2, 0.25) is 0 Å². The topological polar surface area (TPSA) is 96.0 Å². The normalized spacial score (nSPS) is 11.2. The molecule has 0 aliphatic carbocycles. The quantitative estimate of drug-likeness (QED) is 0.508. The van der Waals surface area contributed by atoms with E-state index in [4.69, 9.17) is 0 Å². The number of nitrogens with one attached hydrogen (secondary N) is 3. The molecule has 0 amide bonds. The Labute approximate surface area is 178 Å². The molecule has 8 heteroatoms. The molecule has 0 saturated carbocycles. The van der Waals surface area contributed by atoms with Gasteiger partial charge >= 0.3 is 0 Å². The van der Waals surface area contributed by atoms with Gasteiger partial charge in [-0.15, -0.1) is 0 Å². The molecule has 0 saturated heterocycles. The predicted molar refractivity (Wildman–Crippen MR) is 122 cm³/mol. The van der Waals surface area contributed by atoms with Crippen molar-refractivity contribution in [3.8, 4) is 0 Å². The number of rotatable bonds is 7. The number of sulfonamides is 1. The molecular formula is C22H27N5O2S. The molecule has 3 aromatic rings. The summed E-state index contributed by atoms with van der Waals surface area (Å²) >= 11 is 0. The van der Waals surface area contributed by atoms with Crippen molar-refractivity contribution in [2.75, 3.05) is 21.9 Å². The molecule has 0 bridgehead atoms. The summed E-state index contributed by atoms with van der Waals surface area (Å²) < 4.78 is 28.4. The van der Waals surface area contributed by atoms with Gasteiger partial charge in [-0.05, 0) is 81.6 Å². The molecular weight excluding hydrogens is 398 g/mol. The van der Waals surface area contributed by atoms with Crippen molar-refractivity contribution >= 4 is 33.2 Å². The Morgan fingerprint density at radius 2 is 1.47 bits per heavy atom. The van der Waals surface area contributed by atoms with Gasteiger partial charge in [0.15, 0.2) is 0 Å². The lowest BCUT2D eigenvalue weighted by atomic mass is 10.1. The van der Waals surface area contributed by atoms with Crippen LogP contribution < -0.4 is 15.4 Å². The number of aromatic nitrogens is 2. The first-order chi connectivity index (χ1) is 14.2. The Hall–Kier alpha value is -3.13. The number of nitrogens with zero attached hydrogens (tertiary/aromatic N) is 2. The minimum atomic E-state index is -3.67. The fourth-order valence-corrected chi connectivity index (χ4v) is 4.44. The lowest BCUT2D eigenvalue weighted by Crippen LogP contribution is -2.14. The van der Waals surface area contributed by atoms with Crippen LogP contribution in [0, 0.1) is 27.7 Å². The molecule has 0 unspecified atom stereocenters. The van der Waals surface area contributed by atoms with Gasteiger partial charge < -0.3 is 10.6 Å². The Balaban J connectivity index is 1.77. The minimum absolute atomic E-state index is 0.292. The van der Waals surface area contributed by atoms with E-state index in [0.29, 0.717) is 22.3 Å². The van der Waals surface area contributed by atoms with E-state index in [2.05, 4.69) is 25.3 Å². The van der Waals surface area contributed by atoms with Gasteiger partial charge in [-0.3, -0.25) is 4.72 Å². The SMILES string of the molecule is CCNc1nc(C)cc(Nc2ccc(NS(=O)(=O)c3cc(C)c(C)cc3C)cc2)n1. The lowest BCUT2D eigenvalue weighted by molar-refractivity contribution is 0.600. The van der Waals surface area contributed by atoms with Crippen LogP contribution in [0.25, 0.3) is 0 Å². The van der Waals surface area contributed by atoms with E-state index < -0.39 is 10.0 Å². The van der Waals surface area contributed by atoms with Crippen molar-refractivity contribution in [1.82, 2.24) is 9.97 Å². The standard InChI is InChI=1S/C22H27N5O2S/c1-6-23-22-24-17(5)13-21(26-22)25-18-7-9-19(10-8-18)27-30(28,29)20-12-15(3)14(2)11-16(20)4/h7-13,27H,6H2,1-5H3,(H2,23,24,25,26). The molecule has 2 aromatic carbocycles. The van der Waals surface area contributed by atoms with Gasteiger partial charge in [-0.25, -0.2) is 13.4 Å². The van der Waals surface area contributed by atoms with Crippen LogP contribution in [0.15, 0.2) is 47.4 Å². The highest BCUT2D eigenvalue weighted by atomic mass is 32.2. The van der Waals surface area contributed by atoms with Crippen LogP contribution in [0.1, 0.15) is 29.3 Å². The molecule has 0 aliphatic heterocycles.